The van der Waals surface area contributed by atoms with Crippen molar-refractivity contribution in [3.05, 3.63) is 48.2 Å². The molecule has 1 N–H and O–H groups in total. The zero-order chi connectivity index (χ0) is 16.8. The van der Waals surface area contributed by atoms with Crippen LogP contribution >= 0.6 is 0 Å². The number of anilines is 1. The van der Waals surface area contributed by atoms with Gasteiger partial charge in [0, 0.05) is 19.4 Å². The van der Waals surface area contributed by atoms with Crippen LogP contribution in [0.5, 0.6) is 0 Å². The highest BCUT2D eigenvalue weighted by molar-refractivity contribution is 5.94. The standard InChI is InChI=1S/C18H24N4O2/c1-24-14-13-22-12-9-16(20-22)19-18(23)17(21-10-5-6-11-21)15-7-3-2-4-8-15/h2-4,7-9,12,17H,5-6,10-11,13-14H2,1H3,(H,19,20,23). The van der Waals surface area contributed by atoms with Gasteiger partial charge in [0.25, 0.3) is 0 Å². The minimum absolute atomic E-state index is 0.0277. The van der Waals surface area contributed by atoms with Crippen molar-refractivity contribution in [1.29, 1.82) is 0 Å². The van der Waals surface area contributed by atoms with E-state index in [2.05, 4.69) is 15.3 Å². The van der Waals surface area contributed by atoms with Gasteiger partial charge in [0.05, 0.1) is 13.2 Å². The first-order chi connectivity index (χ1) is 11.8. The SMILES string of the molecule is COCCn1ccc(NC(=O)C(c2ccccc2)N2CCCC2)n1. The third-order valence-electron chi connectivity index (χ3n) is 4.29. The summed E-state index contributed by atoms with van der Waals surface area (Å²) in [5.74, 6) is 0.552. The second-order valence-electron chi connectivity index (χ2n) is 6.00. The van der Waals surface area contributed by atoms with Gasteiger partial charge in [0.15, 0.2) is 5.82 Å². The number of methoxy groups -OCH3 is 1. The highest BCUT2D eigenvalue weighted by Crippen LogP contribution is 2.26. The lowest BCUT2D eigenvalue weighted by molar-refractivity contribution is -0.121. The smallest absolute Gasteiger partial charge is 0.247 e. The van der Waals surface area contributed by atoms with E-state index in [9.17, 15) is 4.79 Å². The lowest BCUT2D eigenvalue weighted by Crippen LogP contribution is -2.35. The minimum atomic E-state index is -0.266. The number of hydrogen-bond acceptors (Lipinski definition) is 4. The Morgan fingerprint density at radius 2 is 2.00 bits per heavy atom. The van der Waals surface area contributed by atoms with Gasteiger partial charge in [-0.15, -0.1) is 0 Å². The van der Waals surface area contributed by atoms with Crippen LogP contribution in [0.25, 0.3) is 0 Å². The molecule has 0 bridgehead atoms. The van der Waals surface area contributed by atoms with Gasteiger partial charge in [-0.3, -0.25) is 14.4 Å². The van der Waals surface area contributed by atoms with Crippen molar-refractivity contribution in [2.75, 3.05) is 32.1 Å². The molecule has 6 nitrogen and oxygen atoms in total. The van der Waals surface area contributed by atoms with Crippen molar-refractivity contribution in [3.8, 4) is 0 Å². The zero-order valence-corrected chi connectivity index (χ0v) is 14.0. The summed E-state index contributed by atoms with van der Waals surface area (Å²) in [4.78, 5) is 15.1. The molecule has 2 aromatic rings. The molecule has 0 spiro atoms. The van der Waals surface area contributed by atoms with Crippen LogP contribution in [-0.4, -0.2) is 47.4 Å². The molecule has 1 saturated heterocycles. The summed E-state index contributed by atoms with van der Waals surface area (Å²) in [6.07, 6.45) is 4.13. The maximum absolute atomic E-state index is 12.9. The van der Waals surface area contributed by atoms with E-state index in [0.717, 1.165) is 31.5 Å². The summed E-state index contributed by atoms with van der Waals surface area (Å²) < 4.78 is 6.82. The van der Waals surface area contributed by atoms with Gasteiger partial charge in [-0.25, -0.2) is 0 Å². The van der Waals surface area contributed by atoms with Crippen LogP contribution in [0.4, 0.5) is 5.82 Å². The molecule has 3 rings (SSSR count). The summed E-state index contributed by atoms with van der Waals surface area (Å²) in [6, 6.07) is 11.5. The van der Waals surface area contributed by atoms with Crippen LogP contribution in [0.3, 0.4) is 0 Å². The third kappa shape index (κ3) is 4.01. The number of amides is 1. The van der Waals surface area contributed by atoms with Crippen molar-refractivity contribution in [3.63, 3.8) is 0 Å². The first-order valence-corrected chi connectivity index (χ1v) is 8.40. The van der Waals surface area contributed by atoms with Gasteiger partial charge in [0.1, 0.15) is 6.04 Å². The minimum Gasteiger partial charge on any atom is -0.383 e. The summed E-state index contributed by atoms with van der Waals surface area (Å²) in [7, 11) is 1.66. The second kappa shape index (κ2) is 8.08. The largest absolute Gasteiger partial charge is 0.383 e. The molecule has 1 aliphatic heterocycles. The number of benzene rings is 1. The molecule has 128 valence electrons. The summed E-state index contributed by atoms with van der Waals surface area (Å²) >= 11 is 0. The number of carbonyl (C=O) groups excluding carboxylic acids is 1. The number of rotatable bonds is 7. The first kappa shape index (κ1) is 16.7. The quantitative estimate of drug-likeness (QED) is 0.847. The van der Waals surface area contributed by atoms with Gasteiger partial charge < -0.3 is 10.1 Å². The average Bonchev–Trinajstić information content (AvgIpc) is 3.26. The van der Waals surface area contributed by atoms with Crippen molar-refractivity contribution in [2.24, 2.45) is 0 Å². The van der Waals surface area contributed by atoms with Crippen molar-refractivity contribution >= 4 is 11.7 Å². The van der Waals surface area contributed by atoms with E-state index in [0.29, 0.717) is 19.0 Å². The monoisotopic (exact) mass is 328 g/mol. The van der Waals surface area contributed by atoms with E-state index >= 15 is 0 Å². The Morgan fingerprint density at radius 3 is 2.71 bits per heavy atom. The molecule has 0 saturated carbocycles. The number of aromatic nitrogens is 2. The normalized spacial score (nSPS) is 16.2. The fourth-order valence-electron chi connectivity index (χ4n) is 3.10. The summed E-state index contributed by atoms with van der Waals surface area (Å²) in [5.41, 5.74) is 1.02. The van der Waals surface area contributed by atoms with Crippen LogP contribution < -0.4 is 5.32 Å². The average molecular weight is 328 g/mol. The maximum atomic E-state index is 12.9. The Kier molecular flexibility index (Phi) is 5.61. The molecule has 0 aliphatic carbocycles. The maximum Gasteiger partial charge on any atom is 0.247 e. The predicted octanol–water partition coefficient (Wildman–Crippen LogP) is 2.31. The molecular weight excluding hydrogens is 304 g/mol. The lowest BCUT2D eigenvalue weighted by Gasteiger charge is -2.26. The van der Waals surface area contributed by atoms with Crippen LogP contribution in [0.2, 0.25) is 0 Å². The number of carbonyl (C=O) groups is 1. The molecule has 1 unspecified atom stereocenters. The number of nitrogens with zero attached hydrogens (tertiary/aromatic N) is 3. The van der Waals surface area contributed by atoms with Gasteiger partial charge in [-0.1, -0.05) is 30.3 Å². The van der Waals surface area contributed by atoms with Crippen LogP contribution in [0, 0.1) is 0 Å². The van der Waals surface area contributed by atoms with Crippen molar-refractivity contribution < 1.29 is 9.53 Å². The molecule has 1 aromatic carbocycles. The van der Waals surface area contributed by atoms with E-state index in [-0.39, 0.29) is 11.9 Å². The Morgan fingerprint density at radius 1 is 1.25 bits per heavy atom. The molecule has 2 heterocycles. The van der Waals surface area contributed by atoms with E-state index in [1.54, 1.807) is 11.8 Å². The molecule has 1 amide bonds. The van der Waals surface area contributed by atoms with Crippen LogP contribution in [-0.2, 0) is 16.1 Å². The number of hydrogen-bond donors (Lipinski definition) is 1. The van der Waals surface area contributed by atoms with Gasteiger partial charge >= 0.3 is 0 Å². The van der Waals surface area contributed by atoms with Crippen LogP contribution in [0.1, 0.15) is 24.4 Å². The second-order valence-corrected chi connectivity index (χ2v) is 6.00. The Balaban J connectivity index is 1.72. The molecule has 1 aromatic heterocycles. The topological polar surface area (TPSA) is 59.4 Å². The Bertz CT molecular complexity index is 650. The zero-order valence-electron chi connectivity index (χ0n) is 14.0. The van der Waals surface area contributed by atoms with Gasteiger partial charge in [-0.05, 0) is 31.5 Å². The fourth-order valence-corrected chi connectivity index (χ4v) is 3.10. The highest BCUT2D eigenvalue weighted by Gasteiger charge is 2.29. The highest BCUT2D eigenvalue weighted by atomic mass is 16.5. The number of likely N-dealkylation sites (tertiary alicyclic amines) is 1. The molecule has 1 aliphatic rings. The summed E-state index contributed by atoms with van der Waals surface area (Å²) in [6.45, 7) is 3.17. The molecule has 24 heavy (non-hydrogen) atoms. The van der Waals surface area contributed by atoms with Crippen LogP contribution in [0.15, 0.2) is 42.6 Å². The Hall–Kier alpha value is -2.18. The molecule has 1 atom stereocenters. The number of ether oxygens (including phenoxy) is 1. The summed E-state index contributed by atoms with van der Waals surface area (Å²) in [5, 5.41) is 7.34. The number of nitrogens with one attached hydrogen (secondary N) is 1. The van der Waals surface area contributed by atoms with Crippen molar-refractivity contribution in [2.45, 2.75) is 25.4 Å². The van der Waals surface area contributed by atoms with E-state index < -0.39 is 0 Å². The van der Waals surface area contributed by atoms with Gasteiger partial charge in [-0.2, -0.15) is 5.10 Å². The molecular formula is C18H24N4O2. The van der Waals surface area contributed by atoms with Crippen molar-refractivity contribution in [1.82, 2.24) is 14.7 Å². The predicted molar refractivity (Wildman–Crippen MR) is 92.7 cm³/mol. The molecule has 0 radical (unpaired) electrons. The molecule has 6 heteroatoms. The Labute approximate surface area is 142 Å². The molecule has 1 fully saturated rings. The van der Waals surface area contributed by atoms with E-state index in [1.807, 2.05) is 42.6 Å². The lowest BCUT2D eigenvalue weighted by atomic mass is 10.0. The van der Waals surface area contributed by atoms with Gasteiger partial charge in [0.2, 0.25) is 5.91 Å². The first-order valence-electron chi connectivity index (χ1n) is 8.40. The van der Waals surface area contributed by atoms with E-state index in [1.165, 1.54) is 0 Å². The van der Waals surface area contributed by atoms with E-state index in [4.69, 9.17) is 4.74 Å². The fraction of sp³-hybridized carbons (Fsp3) is 0.444. The third-order valence-corrected chi connectivity index (χ3v) is 4.29.